The second-order valence-electron chi connectivity index (χ2n) is 7.23. The first-order valence-corrected chi connectivity index (χ1v) is 8.86. The van der Waals surface area contributed by atoms with Gasteiger partial charge in [-0.05, 0) is 50.6 Å². The molecule has 0 spiro atoms. The molecule has 5 nitrogen and oxygen atoms in total. The van der Waals surface area contributed by atoms with E-state index in [4.69, 9.17) is 0 Å². The third-order valence-electron chi connectivity index (χ3n) is 4.92. The topological polar surface area (TPSA) is 61.4 Å². The molecule has 0 aromatic heterocycles. The molecule has 0 radical (unpaired) electrons. The monoisotopic (exact) mass is 309 g/mol. The van der Waals surface area contributed by atoms with Crippen LogP contribution in [0.2, 0.25) is 0 Å². The van der Waals surface area contributed by atoms with Gasteiger partial charge < -0.3 is 15.5 Å². The maximum Gasteiger partial charge on any atom is 0.309 e. The average Bonchev–Trinajstić information content (AvgIpc) is 3.05. The van der Waals surface area contributed by atoms with Crippen LogP contribution in [0.15, 0.2) is 0 Å². The van der Waals surface area contributed by atoms with E-state index in [0.717, 1.165) is 32.0 Å². The summed E-state index contributed by atoms with van der Waals surface area (Å²) in [6.45, 7) is 7.49. The average molecular weight is 309 g/mol. The van der Waals surface area contributed by atoms with Crippen molar-refractivity contribution in [2.24, 2.45) is 11.8 Å². The molecule has 2 amide bonds. The third-order valence-corrected chi connectivity index (χ3v) is 4.92. The lowest BCUT2D eigenvalue weighted by atomic mass is 9.95. The standard InChI is InChI=1S/C17H31N3O2/c1-13(2)11-18-16(21)17(22)19-12-14-7-9-20(10-8-14)15-5-3-4-6-15/h13-15H,3-12H2,1-2H3,(H,18,21)(H,19,22). The molecule has 1 aliphatic carbocycles. The molecule has 0 unspecified atom stereocenters. The largest absolute Gasteiger partial charge is 0.348 e. The second-order valence-corrected chi connectivity index (χ2v) is 7.23. The molecule has 2 rings (SSSR count). The minimum Gasteiger partial charge on any atom is -0.348 e. The fourth-order valence-electron chi connectivity index (χ4n) is 3.49. The molecule has 2 fully saturated rings. The van der Waals surface area contributed by atoms with E-state index < -0.39 is 11.8 Å². The summed E-state index contributed by atoms with van der Waals surface area (Å²) in [5.41, 5.74) is 0. The van der Waals surface area contributed by atoms with E-state index in [9.17, 15) is 9.59 Å². The quantitative estimate of drug-likeness (QED) is 0.757. The Hall–Kier alpha value is -1.10. The van der Waals surface area contributed by atoms with Crippen LogP contribution in [0, 0.1) is 11.8 Å². The van der Waals surface area contributed by atoms with Crippen molar-refractivity contribution < 1.29 is 9.59 Å². The number of hydrogen-bond acceptors (Lipinski definition) is 3. The number of nitrogens with zero attached hydrogens (tertiary/aromatic N) is 1. The molecule has 126 valence electrons. The molecule has 0 atom stereocenters. The molecule has 2 N–H and O–H groups in total. The molecule has 0 aromatic rings. The van der Waals surface area contributed by atoms with Crippen molar-refractivity contribution in [3.05, 3.63) is 0 Å². The third kappa shape index (κ3) is 5.27. The van der Waals surface area contributed by atoms with Gasteiger partial charge in [-0.3, -0.25) is 9.59 Å². The van der Waals surface area contributed by atoms with Crippen LogP contribution in [0.25, 0.3) is 0 Å². The Morgan fingerprint density at radius 1 is 1.00 bits per heavy atom. The number of nitrogens with one attached hydrogen (secondary N) is 2. The minimum absolute atomic E-state index is 0.358. The number of piperidine rings is 1. The summed E-state index contributed by atoms with van der Waals surface area (Å²) in [6, 6.07) is 0.803. The van der Waals surface area contributed by atoms with Gasteiger partial charge in [0.15, 0.2) is 0 Å². The van der Waals surface area contributed by atoms with Crippen molar-refractivity contribution in [3.8, 4) is 0 Å². The van der Waals surface area contributed by atoms with Crippen LogP contribution in [-0.2, 0) is 9.59 Å². The van der Waals surface area contributed by atoms with Gasteiger partial charge in [-0.25, -0.2) is 0 Å². The number of carbonyl (C=O) groups excluding carboxylic acids is 2. The fourth-order valence-corrected chi connectivity index (χ4v) is 3.49. The molecule has 5 heteroatoms. The summed E-state index contributed by atoms with van der Waals surface area (Å²) in [5.74, 6) is -0.118. The van der Waals surface area contributed by atoms with Crippen LogP contribution >= 0.6 is 0 Å². The van der Waals surface area contributed by atoms with Crippen LogP contribution in [-0.4, -0.2) is 48.9 Å². The van der Waals surface area contributed by atoms with Gasteiger partial charge in [0.05, 0.1) is 0 Å². The first kappa shape index (κ1) is 17.3. The predicted molar refractivity (Wildman–Crippen MR) is 87.4 cm³/mol. The van der Waals surface area contributed by atoms with E-state index in [-0.39, 0.29) is 0 Å². The number of carbonyl (C=O) groups is 2. The van der Waals surface area contributed by atoms with E-state index in [2.05, 4.69) is 15.5 Å². The smallest absolute Gasteiger partial charge is 0.309 e. The Kier molecular flexibility index (Phi) is 6.68. The summed E-state index contributed by atoms with van der Waals surface area (Å²) >= 11 is 0. The summed E-state index contributed by atoms with van der Waals surface area (Å²) in [4.78, 5) is 26.0. The van der Waals surface area contributed by atoms with Gasteiger partial charge in [0.2, 0.25) is 0 Å². The Labute approximate surface area is 134 Å². The second kappa shape index (κ2) is 8.51. The molecule has 2 aliphatic rings. The highest BCUT2D eigenvalue weighted by atomic mass is 16.2. The summed E-state index contributed by atoms with van der Waals surface area (Å²) < 4.78 is 0. The maximum atomic E-state index is 11.7. The van der Waals surface area contributed by atoms with Crippen molar-refractivity contribution in [3.63, 3.8) is 0 Å². The van der Waals surface area contributed by atoms with Gasteiger partial charge >= 0.3 is 11.8 Å². The van der Waals surface area contributed by atoms with Crippen molar-refractivity contribution >= 4 is 11.8 Å². The number of rotatable bonds is 5. The summed E-state index contributed by atoms with van der Waals surface area (Å²) in [5, 5.41) is 5.45. The highest BCUT2D eigenvalue weighted by Crippen LogP contribution is 2.27. The molecule has 0 bridgehead atoms. The Morgan fingerprint density at radius 3 is 2.18 bits per heavy atom. The molecule has 1 saturated heterocycles. The van der Waals surface area contributed by atoms with Gasteiger partial charge in [-0.2, -0.15) is 0 Å². The fraction of sp³-hybridized carbons (Fsp3) is 0.882. The molecule has 1 heterocycles. The van der Waals surface area contributed by atoms with E-state index in [0.29, 0.717) is 24.9 Å². The minimum atomic E-state index is -0.503. The molecular weight excluding hydrogens is 278 g/mol. The number of likely N-dealkylation sites (tertiary alicyclic amines) is 1. The van der Waals surface area contributed by atoms with Crippen molar-refractivity contribution in [2.75, 3.05) is 26.2 Å². The Balaban J connectivity index is 1.61. The lowest BCUT2D eigenvalue weighted by Gasteiger charge is -2.36. The van der Waals surface area contributed by atoms with Gasteiger partial charge in [0, 0.05) is 19.1 Å². The van der Waals surface area contributed by atoms with E-state index in [1.165, 1.54) is 25.7 Å². The number of amides is 2. The van der Waals surface area contributed by atoms with Gasteiger partial charge in [-0.15, -0.1) is 0 Å². The molecule has 1 saturated carbocycles. The summed E-state index contributed by atoms with van der Waals surface area (Å²) in [7, 11) is 0. The highest BCUT2D eigenvalue weighted by Gasteiger charge is 2.27. The van der Waals surface area contributed by atoms with Crippen LogP contribution in [0.1, 0.15) is 52.4 Å². The first-order valence-electron chi connectivity index (χ1n) is 8.86. The van der Waals surface area contributed by atoms with E-state index in [1.54, 1.807) is 0 Å². The normalized spacial score (nSPS) is 21.2. The highest BCUT2D eigenvalue weighted by molar-refractivity contribution is 6.35. The van der Waals surface area contributed by atoms with E-state index in [1.807, 2.05) is 13.8 Å². The van der Waals surface area contributed by atoms with Crippen molar-refractivity contribution in [1.82, 2.24) is 15.5 Å². The van der Waals surface area contributed by atoms with Gasteiger partial charge in [-0.1, -0.05) is 26.7 Å². The van der Waals surface area contributed by atoms with Crippen LogP contribution in [0.3, 0.4) is 0 Å². The van der Waals surface area contributed by atoms with Crippen LogP contribution < -0.4 is 10.6 Å². The first-order chi connectivity index (χ1) is 10.6. The Bertz CT molecular complexity index is 370. The zero-order valence-corrected chi connectivity index (χ0v) is 14.1. The lowest BCUT2D eigenvalue weighted by molar-refractivity contribution is -0.139. The molecule has 22 heavy (non-hydrogen) atoms. The number of hydrogen-bond donors (Lipinski definition) is 2. The Morgan fingerprint density at radius 2 is 1.59 bits per heavy atom. The lowest BCUT2D eigenvalue weighted by Crippen LogP contribution is -2.45. The van der Waals surface area contributed by atoms with Crippen molar-refractivity contribution in [2.45, 2.75) is 58.4 Å². The van der Waals surface area contributed by atoms with Gasteiger partial charge in [0.25, 0.3) is 0 Å². The molecular formula is C17H31N3O2. The van der Waals surface area contributed by atoms with Gasteiger partial charge in [0.1, 0.15) is 0 Å². The van der Waals surface area contributed by atoms with Crippen molar-refractivity contribution in [1.29, 1.82) is 0 Å². The van der Waals surface area contributed by atoms with E-state index >= 15 is 0 Å². The zero-order chi connectivity index (χ0) is 15.9. The molecule has 1 aliphatic heterocycles. The van der Waals surface area contributed by atoms with Crippen LogP contribution in [0.5, 0.6) is 0 Å². The molecule has 0 aromatic carbocycles. The zero-order valence-electron chi connectivity index (χ0n) is 14.1. The predicted octanol–water partition coefficient (Wildman–Crippen LogP) is 1.53. The maximum absolute atomic E-state index is 11.7. The summed E-state index contributed by atoms with van der Waals surface area (Å²) in [6.07, 6.45) is 7.74. The SMILES string of the molecule is CC(C)CNC(=O)C(=O)NCC1CCN(C2CCCC2)CC1. The van der Waals surface area contributed by atoms with Crippen LogP contribution in [0.4, 0.5) is 0 Å².